The predicted octanol–water partition coefficient (Wildman–Crippen LogP) is 1.70. The van der Waals surface area contributed by atoms with Gasteiger partial charge in [0.15, 0.2) is 5.58 Å². The molecular weight excluding hydrogens is 368 g/mol. The number of thioether (sulfide) groups is 1. The smallest absolute Gasteiger partial charge is 0.299 e. The molecule has 8 nitrogen and oxygen atoms in total. The zero-order valence-corrected chi connectivity index (χ0v) is 15.4. The van der Waals surface area contributed by atoms with E-state index in [1.807, 2.05) is 29.2 Å². The van der Waals surface area contributed by atoms with Crippen LogP contribution in [0.3, 0.4) is 0 Å². The number of hydrogen-bond donors (Lipinski definition) is 0. The number of aromatic nitrogens is 1. The van der Waals surface area contributed by atoms with E-state index >= 15 is 0 Å². The van der Waals surface area contributed by atoms with E-state index in [2.05, 4.69) is 4.98 Å². The van der Waals surface area contributed by atoms with Crippen molar-refractivity contribution in [2.45, 2.75) is 24.9 Å². The molecule has 0 aliphatic carbocycles. The van der Waals surface area contributed by atoms with E-state index < -0.39 is 0 Å². The summed E-state index contributed by atoms with van der Waals surface area (Å²) in [6.45, 7) is 1.55. The molecule has 3 saturated heterocycles. The molecule has 3 aliphatic heterocycles. The Morgan fingerprint density at radius 3 is 2.78 bits per heavy atom. The first kappa shape index (κ1) is 16.6. The summed E-state index contributed by atoms with van der Waals surface area (Å²) < 4.78 is 5.84. The van der Waals surface area contributed by atoms with Crippen LogP contribution in [0.1, 0.15) is 12.8 Å². The van der Waals surface area contributed by atoms with Crippen LogP contribution in [-0.4, -0.2) is 69.3 Å². The Kier molecular flexibility index (Phi) is 3.85. The first-order chi connectivity index (χ1) is 13.1. The van der Waals surface area contributed by atoms with Gasteiger partial charge in [-0.1, -0.05) is 23.9 Å². The standard InChI is InChI=1S/C18H18N4O4S/c23-15-10-27-18(25)22(15)11-8-20(9-11)16(24)13-5-3-7-21(13)17-19-12-4-1-2-6-14(12)26-17/h1-2,4,6,11,13H,3,5,7-10H2. The molecule has 0 spiro atoms. The van der Waals surface area contributed by atoms with E-state index in [-0.39, 0.29) is 34.9 Å². The van der Waals surface area contributed by atoms with Gasteiger partial charge in [0.25, 0.3) is 11.3 Å². The van der Waals surface area contributed by atoms with Gasteiger partial charge in [0, 0.05) is 19.6 Å². The summed E-state index contributed by atoms with van der Waals surface area (Å²) in [4.78, 5) is 46.1. The molecule has 3 amide bonds. The number of rotatable bonds is 3. The van der Waals surface area contributed by atoms with E-state index in [9.17, 15) is 14.4 Å². The molecule has 27 heavy (non-hydrogen) atoms. The van der Waals surface area contributed by atoms with Gasteiger partial charge in [0.1, 0.15) is 11.6 Å². The number of fused-ring (bicyclic) bond motifs is 1. The predicted molar refractivity (Wildman–Crippen MR) is 99.4 cm³/mol. The number of likely N-dealkylation sites (tertiary alicyclic amines) is 1. The second-order valence-corrected chi connectivity index (χ2v) is 7.96. The van der Waals surface area contributed by atoms with Crippen LogP contribution in [0, 0.1) is 0 Å². The molecule has 5 rings (SSSR count). The third kappa shape index (κ3) is 2.68. The summed E-state index contributed by atoms with van der Waals surface area (Å²) in [5.41, 5.74) is 1.48. The van der Waals surface area contributed by atoms with Gasteiger partial charge in [-0.2, -0.15) is 4.98 Å². The molecule has 1 aromatic heterocycles. The van der Waals surface area contributed by atoms with E-state index in [1.165, 1.54) is 4.90 Å². The van der Waals surface area contributed by atoms with E-state index in [4.69, 9.17) is 4.42 Å². The molecule has 4 heterocycles. The van der Waals surface area contributed by atoms with Crippen LogP contribution in [0.25, 0.3) is 11.1 Å². The molecule has 1 atom stereocenters. The largest absolute Gasteiger partial charge is 0.423 e. The number of oxazole rings is 1. The van der Waals surface area contributed by atoms with Gasteiger partial charge in [0.2, 0.25) is 11.8 Å². The summed E-state index contributed by atoms with van der Waals surface area (Å²) in [5, 5.41) is -0.203. The maximum absolute atomic E-state index is 13.0. The summed E-state index contributed by atoms with van der Waals surface area (Å²) >= 11 is 1.03. The molecule has 1 aromatic carbocycles. The summed E-state index contributed by atoms with van der Waals surface area (Å²) in [6.07, 6.45) is 1.64. The van der Waals surface area contributed by atoms with Crippen molar-refractivity contribution in [2.24, 2.45) is 0 Å². The van der Waals surface area contributed by atoms with Crippen molar-refractivity contribution in [3.05, 3.63) is 24.3 Å². The van der Waals surface area contributed by atoms with Crippen LogP contribution in [0.2, 0.25) is 0 Å². The highest BCUT2D eigenvalue weighted by Gasteiger charge is 2.46. The minimum Gasteiger partial charge on any atom is -0.423 e. The van der Waals surface area contributed by atoms with Crippen molar-refractivity contribution in [1.29, 1.82) is 0 Å². The van der Waals surface area contributed by atoms with Crippen molar-refractivity contribution in [3.63, 3.8) is 0 Å². The number of carbonyl (C=O) groups excluding carboxylic acids is 3. The summed E-state index contributed by atoms with van der Waals surface area (Å²) in [7, 11) is 0. The number of imide groups is 1. The molecule has 0 radical (unpaired) electrons. The zero-order valence-electron chi connectivity index (χ0n) is 14.5. The molecule has 140 valence electrons. The molecule has 1 unspecified atom stereocenters. The fraction of sp³-hybridized carbons (Fsp3) is 0.444. The average Bonchev–Trinajstić information content (AvgIpc) is 3.33. The minimum atomic E-state index is -0.307. The highest BCUT2D eigenvalue weighted by molar-refractivity contribution is 8.14. The molecular formula is C18H18N4O4S. The molecule has 3 aliphatic rings. The maximum Gasteiger partial charge on any atom is 0.299 e. The summed E-state index contributed by atoms with van der Waals surface area (Å²) in [6, 6.07) is 7.52. The first-order valence-corrected chi connectivity index (χ1v) is 10.0. The van der Waals surface area contributed by atoms with E-state index in [0.717, 1.165) is 36.7 Å². The number of anilines is 1. The number of para-hydroxylation sites is 2. The number of benzene rings is 1. The van der Waals surface area contributed by atoms with Crippen molar-refractivity contribution < 1.29 is 18.8 Å². The van der Waals surface area contributed by atoms with Crippen LogP contribution < -0.4 is 4.90 Å². The van der Waals surface area contributed by atoms with Crippen LogP contribution in [0.15, 0.2) is 28.7 Å². The lowest BCUT2D eigenvalue weighted by Gasteiger charge is -2.44. The highest BCUT2D eigenvalue weighted by Crippen LogP contribution is 2.31. The van der Waals surface area contributed by atoms with Gasteiger partial charge in [0.05, 0.1) is 11.8 Å². The lowest BCUT2D eigenvalue weighted by atomic mass is 10.0. The lowest BCUT2D eigenvalue weighted by Crippen LogP contribution is -2.64. The second kappa shape index (κ2) is 6.26. The van der Waals surface area contributed by atoms with E-state index in [1.54, 1.807) is 4.90 Å². The Morgan fingerprint density at radius 2 is 2.04 bits per heavy atom. The van der Waals surface area contributed by atoms with Crippen molar-refractivity contribution >= 4 is 45.9 Å². The Morgan fingerprint density at radius 1 is 1.22 bits per heavy atom. The van der Waals surface area contributed by atoms with Gasteiger partial charge in [-0.3, -0.25) is 19.3 Å². The Balaban J connectivity index is 1.29. The van der Waals surface area contributed by atoms with Crippen LogP contribution >= 0.6 is 11.8 Å². The molecule has 3 fully saturated rings. The fourth-order valence-corrected chi connectivity index (χ4v) is 4.74. The number of hydrogen-bond acceptors (Lipinski definition) is 7. The first-order valence-electron chi connectivity index (χ1n) is 9.01. The van der Waals surface area contributed by atoms with Crippen LogP contribution in [0.4, 0.5) is 10.8 Å². The Bertz CT molecular complexity index is 889. The third-order valence-corrected chi connectivity index (χ3v) is 6.22. The van der Waals surface area contributed by atoms with Gasteiger partial charge in [-0.25, -0.2) is 0 Å². The quantitative estimate of drug-likeness (QED) is 0.793. The monoisotopic (exact) mass is 386 g/mol. The third-order valence-electron chi connectivity index (χ3n) is 5.39. The van der Waals surface area contributed by atoms with Crippen LogP contribution in [-0.2, 0) is 9.59 Å². The highest BCUT2D eigenvalue weighted by atomic mass is 32.2. The Labute approximate surface area is 159 Å². The second-order valence-electron chi connectivity index (χ2n) is 7.03. The Hall–Kier alpha value is -2.55. The average molecular weight is 386 g/mol. The molecule has 0 saturated carbocycles. The minimum absolute atomic E-state index is 0.0118. The van der Waals surface area contributed by atoms with Crippen molar-refractivity contribution in [2.75, 3.05) is 30.3 Å². The number of nitrogens with zero attached hydrogens (tertiary/aromatic N) is 4. The SMILES string of the molecule is O=C(C1CCCN1c1nc2ccccc2o1)N1CC(N2C(=O)CSC2=O)C1. The van der Waals surface area contributed by atoms with Crippen LogP contribution in [0.5, 0.6) is 0 Å². The molecule has 0 bridgehead atoms. The topological polar surface area (TPSA) is 87.0 Å². The lowest BCUT2D eigenvalue weighted by molar-refractivity contribution is -0.143. The maximum atomic E-state index is 13.0. The number of amides is 3. The van der Waals surface area contributed by atoms with Gasteiger partial charge in [-0.15, -0.1) is 0 Å². The zero-order chi connectivity index (χ0) is 18.5. The van der Waals surface area contributed by atoms with Gasteiger partial charge >= 0.3 is 0 Å². The van der Waals surface area contributed by atoms with Crippen molar-refractivity contribution in [3.8, 4) is 0 Å². The molecule has 2 aromatic rings. The number of carbonyl (C=O) groups is 3. The van der Waals surface area contributed by atoms with Crippen molar-refractivity contribution in [1.82, 2.24) is 14.8 Å². The normalized spacial score (nSPS) is 23.6. The molecule has 9 heteroatoms. The van der Waals surface area contributed by atoms with Gasteiger partial charge < -0.3 is 14.2 Å². The molecule has 0 N–H and O–H groups in total. The summed E-state index contributed by atoms with van der Waals surface area (Å²) in [5.74, 6) is 0.0611. The fourth-order valence-electron chi connectivity index (χ4n) is 3.96. The van der Waals surface area contributed by atoms with E-state index in [0.29, 0.717) is 24.7 Å². The van der Waals surface area contributed by atoms with Gasteiger partial charge in [-0.05, 0) is 25.0 Å².